The fourth-order valence-electron chi connectivity index (χ4n) is 4.85. The number of rotatable bonds is 2. The second kappa shape index (κ2) is 6.81. The molecule has 0 fully saturated rings. The first-order chi connectivity index (χ1) is 15.8. The molecule has 0 spiro atoms. The molecule has 0 aliphatic carbocycles. The minimum atomic E-state index is 1.18. The van der Waals surface area contributed by atoms with Gasteiger partial charge >= 0.3 is 0 Å². The zero-order chi connectivity index (χ0) is 21.1. The van der Waals surface area contributed by atoms with Gasteiger partial charge in [-0.05, 0) is 52.6 Å². The van der Waals surface area contributed by atoms with E-state index < -0.39 is 0 Å². The summed E-state index contributed by atoms with van der Waals surface area (Å²) in [5.41, 5.74) is 7.47. The Labute approximate surface area is 189 Å². The molecule has 2 heterocycles. The summed E-state index contributed by atoms with van der Waals surface area (Å²) in [5.74, 6) is 0. The maximum atomic E-state index is 3.53. The second-order valence-electron chi connectivity index (χ2n) is 8.29. The zero-order valence-corrected chi connectivity index (χ0v) is 18.1. The summed E-state index contributed by atoms with van der Waals surface area (Å²) in [4.78, 5) is 3.53. The van der Waals surface area contributed by atoms with Crippen molar-refractivity contribution < 1.29 is 0 Å². The Kier molecular flexibility index (Phi) is 3.78. The van der Waals surface area contributed by atoms with Gasteiger partial charge in [0.05, 0.1) is 0 Å². The van der Waals surface area contributed by atoms with Crippen molar-refractivity contribution in [3.05, 3.63) is 109 Å². The Morgan fingerprint density at radius 1 is 0.469 bits per heavy atom. The van der Waals surface area contributed by atoms with Crippen molar-refractivity contribution in [2.24, 2.45) is 0 Å². The van der Waals surface area contributed by atoms with Crippen LogP contribution >= 0.6 is 11.3 Å². The van der Waals surface area contributed by atoms with E-state index in [-0.39, 0.29) is 0 Å². The van der Waals surface area contributed by atoms with E-state index in [1.165, 1.54) is 64.2 Å². The molecule has 7 rings (SSSR count). The number of aromatic amines is 1. The highest BCUT2D eigenvalue weighted by Gasteiger charge is 2.12. The van der Waals surface area contributed by atoms with Gasteiger partial charge in [-0.25, -0.2) is 0 Å². The maximum Gasteiger partial charge on any atom is 0.0465 e. The van der Waals surface area contributed by atoms with Crippen LogP contribution in [-0.4, -0.2) is 4.98 Å². The molecule has 2 aromatic heterocycles. The lowest BCUT2D eigenvalue weighted by Gasteiger charge is -2.04. The number of nitrogens with one attached hydrogen (secondary N) is 1. The van der Waals surface area contributed by atoms with Crippen molar-refractivity contribution in [3.8, 4) is 22.3 Å². The molecule has 0 saturated heterocycles. The van der Waals surface area contributed by atoms with Crippen LogP contribution in [0.4, 0.5) is 0 Å². The first-order valence-corrected chi connectivity index (χ1v) is 11.7. The van der Waals surface area contributed by atoms with Crippen LogP contribution in [0.2, 0.25) is 0 Å². The number of hydrogen-bond donors (Lipinski definition) is 1. The van der Waals surface area contributed by atoms with E-state index in [2.05, 4.69) is 114 Å². The molecule has 2 heteroatoms. The Morgan fingerprint density at radius 2 is 1.19 bits per heavy atom. The van der Waals surface area contributed by atoms with Gasteiger partial charge in [0.25, 0.3) is 0 Å². The molecule has 32 heavy (non-hydrogen) atoms. The molecule has 1 N–H and O–H groups in total. The summed E-state index contributed by atoms with van der Waals surface area (Å²) in [7, 11) is 0. The van der Waals surface area contributed by atoms with E-state index in [1.807, 2.05) is 11.3 Å². The predicted octanol–water partition coefficient (Wildman–Crippen LogP) is 9.02. The van der Waals surface area contributed by atoms with Crippen LogP contribution in [0.3, 0.4) is 0 Å². The topological polar surface area (TPSA) is 15.8 Å². The fraction of sp³-hybridized carbons (Fsp3) is 0. The summed E-state index contributed by atoms with van der Waals surface area (Å²) in [6, 6.07) is 39.5. The Bertz CT molecular complexity index is 1770. The highest BCUT2D eigenvalue weighted by molar-refractivity contribution is 7.26. The van der Waals surface area contributed by atoms with Gasteiger partial charge in [-0.15, -0.1) is 11.3 Å². The molecule has 0 aliphatic rings. The van der Waals surface area contributed by atoms with E-state index in [4.69, 9.17) is 0 Å². The minimum Gasteiger partial charge on any atom is -0.355 e. The third kappa shape index (κ3) is 2.63. The summed E-state index contributed by atoms with van der Waals surface area (Å²) in [6.07, 6.45) is 0. The first-order valence-electron chi connectivity index (χ1n) is 10.9. The SMILES string of the molecule is c1ccc(-c2cccc3c2sc2ccc(-c4ccc5[nH]c6ccccc6c5c4)cc23)cc1. The lowest BCUT2D eigenvalue weighted by molar-refractivity contribution is 1.54. The highest BCUT2D eigenvalue weighted by Crippen LogP contribution is 2.41. The number of para-hydroxylation sites is 1. The Balaban J connectivity index is 1.43. The number of aromatic nitrogens is 1. The molecule has 0 bridgehead atoms. The van der Waals surface area contributed by atoms with Crippen molar-refractivity contribution >= 4 is 53.3 Å². The molecule has 0 amide bonds. The van der Waals surface area contributed by atoms with Gasteiger partial charge in [0, 0.05) is 42.0 Å². The molecule has 5 aromatic carbocycles. The normalized spacial score (nSPS) is 11.8. The Morgan fingerprint density at radius 3 is 2.09 bits per heavy atom. The fourth-order valence-corrected chi connectivity index (χ4v) is 6.07. The van der Waals surface area contributed by atoms with E-state index in [9.17, 15) is 0 Å². The molecule has 0 atom stereocenters. The maximum absolute atomic E-state index is 3.53. The minimum absolute atomic E-state index is 1.18. The molecule has 1 nitrogen and oxygen atoms in total. The highest BCUT2D eigenvalue weighted by atomic mass is 32.1. The van der Waals surface area contributed by atoms with E-state index in [0.29, 0.717) is 0 Å². The van der Waals surface area contributed by atoms with Gasteiger partial charge in [0.2, 0.25) is 0 Å². The van der Waals surface area contributed by atoms with Crippen LogP contribution in [0.15, 0.2) is 109 Å². The quantitative estimate of drug-likeness (QED) is 0.284. The summed E-state index contributed by atoms with van der Waals surface area (Å²) in [5, 5.41) is 5.22. The van der Waals surface area contributed by atoms with Crippen LogP contribution in [-0.2, 0) is 0 Å². The monoisotopic (exact) mass is 425 g/mol. The summed E-state index contributed by atoms with van der Waals surface area (Å²) < 4.78 is 2.69. The molecule has 0 saturated carbocycles. The smallest absolute Gasteiger partial charge is 0.0465 e. The number of thiophene rings is 1. The van der Waals surface area contributed by atoms with Crippen molar-refractivity contribution in [2.75, 3.05) is 0 Å². The van der Waals surface area contributed by atoms with Crippen molar-refractivity contribution in [2.45, 2.75) is 0 Å². The van der Waals surface area contributed by atoms with E-state index >= 15 is 0 Å². The number of benzene rings is 5. The van der Waals surface area contributed by atoms with Crippen LogP contribution in [0.1, 0.15) is 0 Å². The third-order valence-electron chi connectivity index (χ3n) is 6.42. The lowest BCUT2D eigenvalue weighted by Crippen LogP contribution is -1.79. The lowest BCUT2D eigenvalue weighted by atomic mass is 9.99. The van der Waals surface area contributed by atoms with Gasteiger partial charge in [0.1, 0.15) is 0 Å². The number of fused-ring (bicyclic) bond motifs is 6. The van der Waals surface area contributed by atoms with Crippen molar-refractivity contribution in [1.29, 1.82) is 0 Å². The van der Waals surface area contributed by atoms with Crippen molar-refractivity contribution in [1.82, 2.24) is 4.98 Å². The third-order valence-corrected chi connectivity index (χ3v) is 7.64. The second-order valence-corrected chi connectivity index (χ2v) is 9.34. The molecular formula is C30H19NS. The molecular weight excluding hydrogens is 406 g/mol. The van der Waals surface area contributed by atoms with E-state index in [0.717, 1.165) is 0 Å². The van der Waals surface area contributed by atoms with Gasteiger partial charge < -0.3 is 4.98 Å². The van der Waals surface area contributed by atoms with Gasteiger partial charge in [-0.3, -0.25) is 0 Å². The van der Waals surface area contributed by atoms with Gasteiger partial charge in [-0.2, -0.15) is 0 Å². The number of hydrogen-bond acceptors (Lipinski definition) is 1. The average Bonchev–Trinajstić information content (AvgIpc) is 3.42. The van der Waals surface area contributed by atoms with Crippen LogP contribution in [0.5, 0.6) is 0 Å². The summed E-state index contributed by atoms with van der Waals surface area (Å²) >= 11 is 1.89. The van der Waals surface area contributed by atoms with Crippen LogP contribution < -0.4 is 0 Å². The summed E-state index contributed by atoms with van der Waals surface area (Å²) in [6.45, 7) is 0. The largest absolute Gasteiger partial charge is 0.355 e. The molecule has 0 unspecified atom stereocenters. The van der Waals surface area contributed by atoms with Crippen molar-refractivity contribution in [3.63, 3.8) is 0 Å². The first kappa shape index (κ1) is 17.8. The molecule has 7 aromatic rings. The molecule has 150 valence electrons. The predicted molar refractivity (Wildman–Crippen MR) is 140 cm³/mol. The Hall–Kier alpha value is -3.88. The standard InChI is InChI=1S/C30H19NS/c1-2-7-19(8-3-1)22-10-6-11-24-26-18-21(14-16-29(26)32-30(22)24)20-13-15-28-25(17-20)23-9-4-5-12-27(23)31-28/h1-18,31H. The van der Waals surface area contributed by atoms with Gasteiger partial charge in [-0.1, -0.05) is 78.9 Å². The average molecular weight is 426 g/mol. The zero-order valence-electron chi connectivity index (χ0n) is 17.3. The van der Waals surface area contributed by atoms with E-state index in [1.54, 1.807) is 0 Å². The van der Waals surface area contributed by atoms with Crippen LogP contribution in [0, 0.1) is 0 Å². The number of H-pyrrole nitrogens is 1. The molecule has 0 aliphatic heterocycles. The van der Waals surface area contributed by atoms with Crippen LogP contribution in [0.25, 0.3) is 64.2 Å². The molecule has 0 radical (unpaired) electrons. The van der Waals surface area contributed by atoms with Gasteiger partial charge in [0.15, 0.2) is 0 Å².